The molecule has 1 aliphatic heterocycles. The predicted octanol–water partition coefficient (Wildman–Crippen LogP) is 18.8. The summed E-state index contributed by atoms with van der Waals surface area (Å²) in [6.07, 6.45) is 0. The van der Waals surface area contributed by atoms with Gasteiger partial charge in [0.15, 0.2) is 0 Å². The molecule has 17 rings (SSSR count). The van der Waals surface area contributed by atoms with E-state index in [1.54, 1.807) is 0 Å². The van der Waals surface area contributed by atoms with Crippen LogP contribution in [-0.4, -0.2) is 8.07 Å². The average molecular weight is 1010 g/mol. The minimum absolute atomic E-state index is 0.143. The van der Waals surface area contributed by atoms with Crippen molar-refractivity contribution in [1.82, 2.24) is 0 Å². The Kier molecular flexibility index (Phi) is 8.61. The summed E-state index contributed by atoms with van der Waals surface area (Å²) in [6, 6.07) is 90.0. The first-order valence-electron chi connectivity index (χ1n) is 28.1. The van der Waals surface area contributed by atoms with Crippen LogP contribution in [0.5, 0.6) is 0 Å². The van der Waals surface area contributed by atoms with Gasteiger partial charge in [-0.2, -0.15) is 0 Å². The quantitative estimate of drug-likeness (QED) is 0.122. The van der Waals surface area contributed by atoms with Crippen LogP contribution in [-0.2, 0) is 16.2 Å². The Morgan fingerprint density at radius 3 is 1.14 bits per heavy atom. The number of hydrogen-bond donors (Lipinski definition) is 0. The van der Waals surface area contributed by atoms with Crippen molar-refractivity contribution in [3.8, 4) is 89.0 Å². The van der Waals surface area contributed by atoms with Gasteiger partial charge in [0.1, 0.15) is 8.07 Å². The summed E-state index contributed by atoms with van der Waals surface area (Å²) >= 11 is 0. The van der Waals surface area contributed by atoms with E-state index in [9.17, 15) is 0 Å². The summed E-state index contributed by atoms with van der Waals surface area (Å²) in [5.74, 6) is 0. The Morgan fingerprint density at radius 1 is 0.244 bits per heavy atom. The Morgan fingerprint density at radius 2 is 0.603 bits per heavy atom. The van der Waals surface area contributed by atoms with E-state index in [-0.39, 0.29) is 10.8 Å². The third kappa shape index (κ3) is 5.45. The van der Waals surface area contributed by atoms with E-state index >= 15 is 0 Å². The lowest BCUT2D eigenvalue weighted by Gasteiger charge is -2.30. The molecule has 0 atom stereocenters. The van der Waals surface area contributed by atoms with Crippen LogP contribution in [0, 0.1) is 0 Å². The monoisotopic (exact) mass is 1010 g/mol. The van der Waals surface area contributed by atoms with Crippen molar-refractivity contribution in [3.05, 3.63) is 275 Å². The van der Waals surface area contributed by atoms with Crippen LogP contribution in [0.25, 0.3) is 111 Å². The van der Waals surface area contributed by atoms with Crippen LogP contribution in [0.4, 0.5) is 0 Å². The zero-order valence-electron chi connectivity index (χ0n) is 44.9. The molecular weight excluding hydrogens is 953 g/mol. The van der Waals surface area contributed by atoms with Gasteiger partial charge in [-0.15, -0.1) is 0 Å². The molecule has 0 fully saturated rings. The number of benzene rings is 12. The summed E-state index contributed by atoms with van der Waals surface area (Å²) in [7, 11) is -2.11. The minimum atomic E-state index is -2.11. The molecule has 12 aromatic carbocycles. The molecule has 0 radical (unpaired) electrons. The molecule has 0 nitrogen and oxygen atoms in total. The molecule has 0 amide bonds. The van der Waals surface area contributed by atoms with Gasteiger partial charge in [0.25, 0.3) is 0 Å². The smallest absolute Gasteiger partial charge is 0.0623 e. The molecule has 0 saturated heterocycles. The fraction of sp³-hybridized carbons (Fsp3) is 0.117. The van der Waals surface area contributed by atoms with Gasteiger partial charge in [0.05, 0.1) is 5.41 Å². The number of fused-ring (bicyclic) bond motifs is 21. The van der Waals surface area contributed by atoms with Crippen LogP contribution in [0.1, 0.15) is 72.2 Å². The largest absolute Gasteiger partial charge is 0.113 e. The van der Waals surface area contributed by atoms with E-state index in [0.717, 1.165) is 0 Å². The van der Waals surface area contributed by atoms with Crippen molar-refractivity contribution in [1.29, 1.82) is 0 Å². The fourth-order valence-electron chi connectivity index (χ4n) is 16.2. The number of hydrogen-bond acceptors (Lipinski definition) is 0. The molecule has 0 N–H and O–H groups in total. The van der Waals surface area contributed by atoms with Gasteiger partial charge in [-0.05, 0) is 196 Å². The first kappa shape index (κ1) is 44.5. The first-order chi connectivity index (χ1) is 38.0. The molecule has 78 heavy (non-hydrogen) atoms. The van der Waals surface area contributed by atoms with Gasteiger partial charge in [-0.25, -0.2) is 0 Å². The van der Waals surface area contributed by atoms with Crippen LogP contribution in [0.15, 0.2) is 231 Å². The average Bonchev–Trinajstić information content (AvgIpc) is 2.84. The van der Waals surface area contributed by atoms with E-state index in [1.165, 1.54) is 165 Å². The second-order valence-corrected chi connectivity index (χ2v) is 29.0. The first-order valence-corrected chi connectivity index (χ1v) is 31.1. The lowest BCUT2D eigenvalue weighted by molar-refractivity contribution is 0.660. The molecule has 1 spiro atoms. The maximum Gasteiger partial charge on any atom is 0.113 e. The predicted molar refractivity (Wildman–Crippen MR) is 331 cm³/mol. The van der Waals surface area contributed by atoms with Gasteiger partial charge in [0, 0.05) is 10.8 Å². The molecule has 4 aliphatic carbocycles. The lowest BCUT2D eigenvalue weighted by Crippen LogP contribution is -2.49. The van der Waals surface area contributed by atoms with Gasteiger partial charge in [0.2, 0.25) is 0 Å². The molecule has 1 heteroatoms. The van der Waals surface area contributed by atoms with Crippen molar-refractivity contribution in [2.75, 3.05) is 0 Å². The Bertz CT molecular complexity index is 4640. The Labute approximate surface area is 458 Å². The molecule has 0 saturated carbocycles. The van der Waals surface area contributed by atoms with E-state index in [0.29, 0.717) is 0 Å². The fourth-order valence-corrected chi connectivity index (χ4v) is 19.3. The molecule has 0 unspecified atom stereocenters. The Balaban J connectivity index is 0.978. The molecule has 1 heterocycles. The highest BCUT2D eigenvalue weighted by molar-refractivity contribution is 7.04. The summed E-state index contributed by atoms with van der Waals surface area (Å²) < 4.78 is 0. The minimum Gasteiger partial charge on any atom is -0.0623 e. The zero-order valence-corrected chi connectivity index (χ0v) is 45.9. The standard InChI is InChI=1S/C77H56Si/c1-75(2)63-25-13-7-19-49(63)54-36-33-47(41-68(54)75)73-58-38-32-45(46-31-35-56-53-23-11-17-29-67(53)77(70(56)40-46)65-27-15-9-21-51(65)52-22-10-16-28-66(52)77)39-60(58)74(48-34-37-55-50-20-8-14-26-64(50)76(3,4)69(55)42-48)62-44-72-59(43-61(62)73)57-24-12-18-30-71(57)78(72,5)6/h7-44H,1-6H3. The molecule has 12 aromatic rings. The third-order valence-corrected chi connectivity index (χ3v) is 23.4. The third-order valence-electron chi connectivity index (χ3n) is 19.9. The molecule has 368 valence electrons. The van der Waals surface area contributed by atoms with Crippen molar-refractivity contribution < 1.29 is 0 Å². The zero-order chi connectivity index (χ0) is 52.2. The highest BCUT2D eigenvalue weighted by Gasteiger charge is 2.52. The van der Waals surface area contributed by atoms with Crippen LogP contribution in [0.2, 0.25) is 13.1 Å². The summed E-state index contributed by atoms with van der Waals surface area (Å²) in [5, 5.41) is 8.28. The van der Waals surface area contributed by atoms with Crippen molar-refractivity contribution >= 4 is 40.0 Å². The van der Waals surface area contributed by atoms with Crippen molar-refractivity contribution in [2.24, 2.45) is 0 Å². The molecule has 0 bridgehead atoms. The normalized spacial score (nSPS) is 16.0. The molecular formula is C77H56Si. The maximum atomic E-state index is 2.67. The van der Waals surface area contributed by atoms with E-state index in [4.69, 9.17) is 0 Å². The lowest BCUT2D eigenvalue weighted by atomic mass is 9.70. The van der Waals surface area contributed by atoms with Crippen molar-refractivity contribution in [3.63, 3.8) is 0 Å². The maximum absolute atomic E-state index is 2.67. The Hall–Kier alpha value is -8.62. The van der Waals surface area contributed by atoms with Crippen molar-refractivity contribution in [2.45, 2.75) is 57.0 Å². The topological polar surface area (TPSA) is 0 Å². The number of rotatable bonds is 3. The van der Waals surface area contributed by atoms with Gasteiger partial charge in [-0.3, -0.25) is 0 Å². The summed E-state index contributed by atoms with van der Waals surface area (Å²) in [5.41, 5.74) is 31.5. The molecule has 5 aliphatic rings. The molecule has 0 aromatic heterocycles. The van der Waals surface area contributed by atoms with Crippen LogP contribution < -0.4 is 10.4 Å². The van der Waals surface area contributed by atoms with Crippen LogP contribution >= 0.6 is 0 Å². The van der Waals surface area contributed by atoms with E-state index < -0.39 is 13.5 Å². The van der Waals surface area contributed by atoms with E-state index in [2.05, 4.69) is 271 Å². The summed E-state index contributed by atoms with van der Waals surface area (Å²) in [6.45, 7) is 14.8. The highest BCUT2D eigenvalue weighted by Crippen LogP contribution is 2.63. The van der Waals surface area contributed by atoms with E-state index in [1.807, 2.05) is 0 Å². The van der Waals surface area contributed by atoms with Gasteiger partial charge >= 0.3 is 0 Å². The van der Waals surface area contributed by atoms with Crippen LogP contribution in [0.3, 0.4) is 0 Å². The highest BCUT2D eigenvalue weighted by atomic mass is 28.3. The second-order valence-electron chi connectivity index (χ2n) is 24.6. The van der Waals surface area contributed by atoms with Gasteiger partial charge in [-0.1, -0.05) is 241 Å². The SMILES string of the molecule is CC1(C)c2ccccc2-c2ccc(-c3c4ccc(-c5ccc6c(c5)C5(c7ccccc7-c7ccccc75)c5ccccc5-6)cc4c(-c4ccc5c(c4)C(C)(C)c4ccccc4-5)c4cc5c(cc34)-c3ccccc3[Si]5(C)C)cc21. The van der Waals surface area contributed by atoms with Gasteiger partial charge < -0.3 is 0 Å². The summed E-state index contributed by atoms with van der Waals surface area (Å²) in [4.78, 5) is 0. The second kappa shape index (κ2) is 15.1.